The lowest BCUT2D eigenvalue weighted by Crippen LogP contribution is -2.45. The van der Waals surface area contributed by atoms with E-state index >= 15 is 0 Å². The SMILES string of the molecule is CC1(C)CC(O)(c2ccc(Cl)s2)C1. The Morgan fingerprint density at radius 1 is 1.38 bits per heavy atom. The molecule has 1 N–H and O–H groups in total. The summed E-state index contributed by atoms with van der Waals surface area (Å²) in [5.74, 6) is 0. The van der Waals surface area contributed by atoms with Gasteiger partial charge in [0.1, 0.15) is 0 Å². The van der Waals surface area contributed by atoms with Gasteiger partial charge in [0.05, 0.1) is 9.94 Å². The van der Waals surface area contributed by atoms with Crippen LogP contribution in [0.2, 0.25) is 4.34 Å². The van der Waals surface area contributed by atoms with Crippen molar-refractivity contribution in [1.29, 1.82) is 0 Å². The summed E-state index contributed by atoms with van der Waals surface area (Å²) in [6, 6.07) is 3.78. The normalized spacial score (nSPS) is 24.0. The summed E-state index contributed by atoms with van der Waals surface area (Å²) in [7, 11) is 0. The van der Waals surface area contributed by atoms with Crippen LogP contribution in [-0.4, -0.2) is 5.11 Å². The Balaban J connectivity index is 2.20. The van der Waals surface area contributed by atoms with Crippen molar-refractivity contribution in [2.24, 2.45) is 5.41 Å². The lowest BCUT2D eigenvalue weighted by atomic mass is 9.61. The highest BCUT2D eigenvalue weighted by Crippen LogP contribution is 2.55. The van der Waals surface area contributed by atoms with E-state index in [9.17, 15) is 5.11 Å². The van der Waals surface area contributed by atoms with Crippen LogP contribution in [-0.2, 0) is 5.60 Å². The average molecular weight is 217 g/mol. The molecule has 0 bridgehead atoms. The molecule has 1 saturated carbocycles. The third-order valence-electron chi connectivity index (χ3n) is 2.57. The van der Waals surface area contributed by atoms with Crippen LogP contribution in [0.15, 0.2) is 12.1 Å². The van der Waals surface area contributed by atoms with Gasteiger partial charge in [-0.25, -0.2) is 0 Å². The third-order valence-corrected chi connectivity index (χ3v) is 4.00. The van der Waals surface area contributed by atoms with Crippen LogP contribution in [0.5, 0.6) is 0 Å². The summed E-state index contributed by atoms with van der Waals surface area (Å²) in [6.07, 6.45) is 1.69. The van der Waals surface area contributed by atoms with E-state index in [1.54, 1.807) is 0 Å². The fraction of sp³-hybridized carbons (Fsp3) is 0.600. The van der Waals surface area contributed by atoms with Crippen molar-refractivity contribution in [3.05, 3.63) is 21.3 Å². The maximum absolute atomic E-state index is 10.2. The molecule has 0 atom stereocenters. The van der Waals surface area contributed by atoms with Crippen LogP contribution < -0.4 is 0 Å². The fourth-order valence-electron chi connectivity index (χ4n) is 2.27. The highest BCUT2D eigenvalue weighted by molar-refractivity contribution is 7.16. The Kier molecular flexibility index (Phi) is 1.99. The molecule has 1 aromatic heterocycles. The lowest BCUT2D eigenvalue weighted by molar-refractivity contribution is -0.116. The maximum Gasteiger partial charge on any atom is 0.0998 e. The molecule has 1 aliphatic rings. The van der Waals surface area contributed by atoms with Crippen LogP contribution in [0, 0.1) is 5.41 Å². The number of hydrogen-bond acceptors (Lipinski definition) is 2. The summed E-state index contributed by atoms with van der Waals surface area (Å²) in [4.78, 5) is 1.01. The van der Waals surface area contributed by atoms with Crippen molar-refractivity contribution in [2.75, 3.05) is 0 Å². The molecule has 72 valence electrons. The van der Waals surface area contributed by atoms with E-state index in [0.29, 0.717) is 0 Å². The summed E-state index contributed by atoms with van der Waals surface area (Å²) in [5, 5.41) is 10.2. The Labute approximate surface area is 87.4 Å². The van der Waals surface area contributed by atoms with E-state index in [1.165, 1.54) is 11.3 Å². The van der Waals surface area contributed by atoms with Gasteiger partial charge in [0, 0.05) is 4.88 Å². The molecule has 2 rings (SSSR count). The molecule has 0 aliphatic heterocycles. The number of thiophene rings is 1. The smallest absolute Gasteiger partial charge is 0.0998 e. The molecule has 0 spiro atoms. The monoisotopic (exact) mass is 216 g/mol. The van der Waals surface area contributed by atoms with Gasteiger partial charge in [0.25, 0.3) is 0 Å². The quantitative estimate of drug-likeness (QED) is 0.763. The zero-order valence-electron chi connectivity index (χ0n) is 7.80. The van der Waals surface area contributed by atoms with Crippen molar-refractivity contribution >= 4 is 22.9 Å². The molecule has 0 aromatic carbocycles. The fourth-order valence-corrected chi connectivity index (χ4v) is 3.40. The van der Waals surface area contributed by atoms with Gasteiger partial charge in [-0.05, 0) is 30.4 Å². The minimum atomic E-state index is -0.596. The highest BCUT2D eigenvalue weighted by Gasteiger charge is 2.49. The molecule has 1 fully saturated rings. The Hall–Kier alpha value is -0.0500. The lowest BCUT2D eigenvalue weighted by Gasteiger charge is -2.49. The molecular weight excluding hydrogens is 204 g/mol. The van der Waals surface area contributed by atoms with Crippen LogP contribution in [0.3, 0.4) is 0 Å². The van der Waals surface area contributed by atoms with Gasteiger partial charge in [0.2, 0.25) is 0 Å². The largest absolute Gasteiger partial charge is 0.384 e. The third kappa shape index (κ3) is 1.63. The van der Waals surface area contributed by atoms with Gasteiger partial charge in [-0.15, -0.1) is 11.3 Å². The van der Waals surface area contributed by atoms with Crippen LogP contribution in [0.1, 0.15) is 31.6 Å². The second kappa shape index (κ2) is 2.72. The van der Waals surface area contributed by atoms with Gasteiger partial charge in [-0.3, -0.25) is 0 Å². The predicted molar refractivity (Wildman–Crippen MR) is 56.2 cm³/mol. The van der Waals surface area contributed by atoms with E-state index in [1.807, 2.05) is 12.1 Å². The zero-order valence-corrected chi connectivity index (χ0v) is 9.37. The maximum atomic E-state index is 10.2. The first kappa shape index (κ1) is 9.50. The van der Waals surface area contributed by atoms with Gasteiger partial charge in [-0.2, -0.15) is 0 Å². The Morgan fingerprint density at radius 2 is 2.00 bits per heavy atom. The van der Waals surface area contributed by atoms with Crippen LogP contribution in [0.4, 0.5) is 0 Å². The second-order valence-corrected chi connectivity index (χ2v) is 6.37. The van der Waals surface area contributed by atoms with Gasteiger partial charge in [-0.1, -0.05) is 25.4 Å². The Bertz CT molecular complexity index is 321. The van der Waals surface area contributed by atoms with E-state index in [-0.39, 0.29) is 5.41 Å². The topological polar surface area (TPSA) is 20.2 Å². The van der Waals surface area contributed by atoms with Crippen LogP contribution >= 0.6 is 22.9 Å². The van der Waals surface area contributed by atoms with Crippen molar-refractivity contribution < 1.29 is 5.11 Å². The molecule has 1 aliphatic carbocycles. The average Bonchev–Trinajstić information content (AvgIpc) is 2.31. The molecule has 1 aromatic rings. The number of hydrogen-bond donors (Lipinski definition) is 1. The molecule has 3 heteroatoms. The van der Waals surface area contributed by atoms with E-state index < -0.39 is 5.60 Å². The molecule has 13 heavy (non-hydrogen) atoms. The summed E-state index contributed by atoms with van der Waals surface area (Å²) in [6.45, 7) is 4.35. The van der Waals surface area contributed by atoms with E-state index in [4.69, 9.17) is 11.6 Å². The summed E-state index contributed by atoms with van der Waals surface area (Å²) >= 11 is 7.31. The second-order valence-electron chi connectivity index (χ2n) is 4.65. The van der Waals surface area contributed by atoms with E-state index in [2.05, 4.69) is 13.8 Å². The Morgan fingerprint density at radius 3 is 2.38 bits per heavy atom. The minimum Gasteiger partial charge on any atom is -0.384 e. The van der Waals surface area contributed by atoms with Crippen molar-refractivity contribution in [2.45, 2.75) is 32.3 Å². The molecule has 0 saturated heterocycles. The standard InChI is InChI=1S/C10H13ClOS/c1-9(2)5-10(12,6-9)7-3-4-8(11)13-7/h3-4,12H,5-6H2,1-2H3. The highest BCUT2D eigenvalue weighted by atomic mass is 35.5. The zero-order chi connectivity index (χ0) is 9.69. The van der Waals surface area contributed by atoms with Crippen molar-refractivity contribution in [1.82, 2.24) is 0 Å². The van der Waals surface area contributed by atoms with Crippen molar-refractivity contribution in [3.63, 3.8) is 0 Å². The van der Waals surface area contributed by atoms with Gasteiger partial charge < -0.3 is 5.11 Å². The molecule has 1 heterocycles. The first-order chi connectivity index (χ1) is 5.91. The molecule has 0 radical (unpaired) electrons. The van der Waals surface area contributed by atoms with E-state index in [0.717, 1.165) is 22.1 Å². The number of aliphatic hydroxyl groups is 1. The molecule has 1 nitrogen and oxygen atoms in total. The van der Waals surface area contributed by atoms with Gasteiger partial charge >= 0.3 is 0 Å². The molecule has 0 amide bonds. The van der Waals surface area contributed by atoms with Crippen molar-refractivity contribution in [3.8, 4) is 0 Å². The minimum absolute atomic E-state index is 0.283. The first-order valence-corrected chi connectivity index (χ1v) is 5.59. The number of rotatable bonds is 1. The van der Waals surface area contributed by atoms with Gasteiger partial charge in [0.15, 0.2) is 0 Å². The first-order valence-electron chi connectivity index (χ1n) is 4.40. The number of halogens is 1. The predicted octanol–water partition coefficient (Wildman–Crippen LogP) is 3.41. The summed E-state index contributed by atoms with van der Waals surface area (Å²) < 4.78 is 0.758. The molecule has 0 unspecified atom stereocenters. The van der Waals surface area contributed by atoms with Crippen LogP contribution in [0.25, 0.3) is 0 Å². The molecular formula is C10H13ClOS. The summed E-state index contributed by atoms with van der Waals surface area (Å²) in [5.41, 5.74) is -0.313.